The number of rotatable bonds is 3. The maximum Gasteiger partial charge on any atom is 0.122 e. The van der Waals surface area contributed by atoms with Crippen molar-refractivity contribution in [1.29, 1.82) is 0 Å². The predicted octanol–water partition coefficient (Wildman–Crippen LogP) is 2.79. The van der Waals surface area contributed by atoms with Crippen molar-refractivity contribution in [2.75, 3.05) is 19.6 Å². The highest BCUT2D eigenvalue weighted by Crippen LogP contribution is 2.38. The molecule has 1 aliphatic carbocycles. The largest absolute Gasteiger partial charge is 0.468 e. The van der Waals surface area contributed by atoms with Crippen LogP contribution in [0.15, 0.2) is 22.8 Å². The second kappa shape index (κ2) is 5.45. The van der Waals surface area contributed by atoms with Crippen LogP contribution in [0.5, 0.6) is 0 Å². The average Bonchev–Trinajstić information content (AvgIpc) is 2.93. The number of nitrogens with zero attached hydrogens (tertiary/aromatic N) is 1. The van der Waals surface area contributed by atoms with Gasteiger partial charge in [-0.2, -0.15) is 0 Å². The van der Waals surface area contributed by atoms with Crippen molar-refractivity contribution in [3.05, 3.63) is 24.2 Å². The molecule has 2 N–H and O–H groups in total. The van der Waals surface area contributed by atoms with E-state index in [1.54, 1.807) is 6.26 Å². The van der Waals surface area contributed by atoms with Gasteiger partial charge in [0.15, 0.2) is 0 Å². The van der Waals surface area contributed by atoms with E-state index in [2.05, 4.69) is 11.0 Å². The van der Waals surface area contributed by atoms with Gasteiger partial charge in [-0.1, -0.05) is 19.3 Å². The summed E-state index contributed by atoms with van der Waals surface area (Å²) in [5.74, 6) is 2.91. The molecular formula is C15H24N2O. The van der Waals surface area contributed by atoms with E-state index in [1.807, 2.05) is 6.07 Å². The van der Waals surface area contributed by atoms with E-state index in [1.165, 1.54) is 45.2 Å². The minimum Gasteiger partial charge on any atom is -0.468 e. The Labute approximate surface area is 109 Å². The fourth-order valence-electron chi connectivity index (χ4n) is 3.84. The highest BCUT2D eigenvalue weighted by atomic mass is 16.3. The summed E-state index contributed by atoms with van der Waals surface area (Å²) < 4.78 is 5.55. The molecule has 0 amide bonds. The third-order valence-electron chi connectivity index (χ3n) is 4.86. The molecule has 18 heavy (non-hydrogen) atoms. The Bertz CT molecular complexity index is 363. The van der Waals surface area contributed by atoms with E-state index in [0.29, 0.717) is 6.54 Å². The van der Waals surface area contributed by atoms with E-state index in [9.17, 15) is 0 Å². The van der Waals surface area contributed by atoms with Gasteiger partial charge >= 0.3 is 0 Å². The topological polar surface area (TPSA) is 42.4 Å². The van der Waals surface area contributed by atoms with Crippen LogP contribution < -0.4 is 5.73 Å². The van der Waals surface area contributed by atoms with Crippen molar-refractivity contribution in [3.63, 3.8) is 0 Å². The lowest BCUT2D eigenvalue weighted by Crippen LogP contribution is -2.45. The highest BCUT2D eigenvalue weighted by molar-refractivity contribution is 5.06. The Morgan fingerprint density at radius 3 is 2.83 bits per heavy atom. The number of piperidine rings is 1. The number of nitrogens with two attached hydrogens (primary N) is 1. The number of furan rings is 1. The molecule has 3 atom stereocenters. The number of fused-ring (bicyclic) bond motifs is 1. The predicted molar refractivity (Wildman–Crippen MR) is 72.1 cm³/mol. The van der Waals surface area contributed by atoms with Gasteiger partial charge < -0.3 is 10.2 Å². The third-order valence-corrected chi connectivity index (χ3v) is 4.86. The zero-order valence-corrected chi connectivity index (χ0v) is 11.1. The summed E-state index contributed by atoms with van der Waals surface area (Å²) in [6.45, 7) is 3.06. The van der Waals surface area contributed by atoms with Gasteiger partial charge in [-0.15, -0.1) is 0 Å². The van der Waals surface area contributed by atoms with Crippen LogP contribution in [-0.2, 0) is 0 Å². The third kappa shape index (κ3) is 2.34. The van der Waals surface area contributed by atoms with Gasteiger partial charge in [0.1, 0.15) is 5.76 Å². The van der Waals surface area contributed by atoms with Crippen LogP contribution in [0.4, 0.5) is 0 Å². The Kier molecular flexibility index (Phi) is 3.71. The number of hydrogen-bond donors (Lipinski definition) is 1. The van der Waals surface area contributed by atoms with Crippen LogP contribution in [0, 0.1) is 11.8 Å². The van der Waals surface area contributed by atoms with E-state index < -0.39 is 0 Å². The highest BCUT2D eigenvalue weighted by Gasteiger charge is 2.34. The fraction of sp³-hybridized carbons (Fsp3) is 0.733. The summed E-state index contributed by atoms with van der Waals surface area (Å²) in [5, 5.41) is 0. The molecule has 0 radical (unpaired) electrons. The first-order chi connectivity index (χ1) is 8.88. The zero-order valence-electron chi connectivity index (χ0n) is 11.1. The van der Waals surface area contributed by atoms with Crippen molar-refractivity contribution >= 4 is 0 Å². The van der Waals surface area contributed by atoms with Gasteiger partial charge in [0.2, 0.25) is 0 Å². The molecule has 1 aromatic heterocycles. The second-order valence-corrected chi connectivity index (χ2v) is 5.86. The maximum atomic E-state index is 5.96. The first-order valence-corrected chi connectivity index (χ1v) is 7.36. The van der Waals surface area contributed by atoms with E-state index >= 15 is 0 Å². The normalized spacial score (nSPS) is 30.9. The molecule has 3 unspecified atom stereocenters. The summed E-state index contributed by atoms with van der Waals surface area (Å²) in [6.07, 6.45) is 8.83. The molecule has 100 valence electrons. The molecule has 1 saturated carbocycles. The van der Waals surface area contributed by atoms with Crippen molar-refractivity contribution in [1.82, 2.24) is 4.90 Å². The van der Waals surface area contributed by atoms with Gasteiger partial charge in [-0.25, -0.2) is 0 Å². The average molecular weight is 248 g/mol. The van der Waals surface area contributed by atoms with Crippen LogP contribution in [-0.4, -0.2) is 24.5 Å². The second-order valence-electron chi connectivity index (χ2n) is 5.86. The first kappa shape index (κ1) is 12.2. The molecule has 2 heterocycles. The van der Waals surface area contributed by atoms with Gasteiger partial charge in [0, 0.05) is 13.1 Å². The lowest BCUT2D eigenvalue weighted by Gasteiger charge is -2.43. The van der Waals surface area contributed by atoms with Crippen molar-refractivity contribution in [3.8, 4) is 0 Å². The van der Waals surface area contributed by atoms with Crippen LogP contribution in [0.3, 0.4) is 0 Å². The number of likely N-dealkylation sites (tertiary alicyclic amines) is 1. The summed E-state index contributed by atoms with van der Waals surface area (Å²) in [5.41, 5.74) is 5.96. The summed E-state index contributed by atoms with van der Waals surface area (Å²) in [6, 6.07) is 4.30. The molecule has 0 spiro atoms. The lowest BCUT2D eigenvalue weighted by atomic mass is 9.75. The summed E-state index contributed by atoms with van der Waals surface area (Å²) in [7, 11) is 0. The van der Waals surface area contributed by atoms with E-state index in [-0.39, 0.29) is 6.04 Å². The van der Waals surface area contributed by atoms with Crippen LogP contribution >= 0.6 is 0 Å². The van der Waals surface area contributed by atoms with Gasteiger partial charge in [-0.3, -0.25) is 4.90 Å². The van der Waals surface area contributed by atoms with Crippen molar-refractivity contribution < 1.29 is 4.42 Å². The van der Waals surface area contributed by atoms with Crippen LogP contribution in [0.1, 0.15) is 43.9 Å². The minimum absolute atomic E-state index is 0.280. The van der Waals surface area contributed by atoms with Crippen LogP contribution in [0.2, 0.25) is 0 Å². The Hall–Kier alpha value is -0.800. The molecule has 3 rings (SSSR count). The number of hydrogen-bond acceptors (Lipinski definition) is 3. The standard InChI is InChI=1S/C15H24N2O/c16-10-14(15-6-3-9-18-15)17-8-7-12-4-1-2-5-13(12)11-17/h3,6,9,12-14H,1-2,4-5,7-8,10-11,16H2. The fourth-order valence-corrected chi connectivity index (χ4v) is 3.84. The Morgan fingerprint density at radius 2 is 2.11 bits per heavy atom. The zero-order chi connectivity index (χ0) is 12.4. The van der Waals surface area contributed by atoms with Crippen molar-refractivity contribution in [2.24, 2.45) is 17.6 Å². The van der Waals surface area contributed by atoms with Gasteiger partial charge in [0.25, 0.3) is 0 Å². The molecular weight excluding hydrogens is 224 g/mol. The SMILES string of the molecule is NCC(c1ccco1)N1CCC2CCCCC2C1. The molecule has 0 aromatic carbocycles. The van der Waals surface area contributed by atoms with Gasteiger partial charge in [-0.05, 0) is 43.4 Å². The van der Waals surface area contributed by atoms with Crippen LogP contribution in [0.25, 0.3) is 0 Å². The summed E-state index contributed by atoms with van der Waals surface area (Å²) in [4.78, 5) is 2.55. The first-order valence-electron chi connectivity index (χ1n) is 7.36. The molecule has 0 bridgehead atoms. The molecule has 1 aliphatic heterocycles. The minimum atomic E-state index is 0.280. The smallest absolute Gasteiger partial charge is 0.122 e. The van der Waals surface area contributed by atoms with E-state index in [4.69, 9.17) is 10.2 Å². The van der Waals surface area contributed by atoms with Crippen molar-refractivity contribution in [2.45, 2.75) is 38.1 Å². The molecule has 3 heteroatoms. The molecule has 1 saturated heterocycles. The maximum absolute atomic E-state index is 5.96. The summed E-state index contributed by atoms with van der Waals surface area (Å²) >= 11 is 0. The quantitative estimate of drug-likeness (QED) is 0.894. The molecule has 3 nitrogen and oxygen atoms in total. The van der Waals surface area contributed by atoms with E-state index in [0.717, 1.165) is 17.6 Å². The lowest BCUT2D eigenvalue weighted by molar-refractivity contribution is 0.0519. The monoisotopic (exact) mass is 248 g/mol. The molecule has 2 aliphatic rings. The Morgan fingerprint density at radius 1 is 1.28 bits per heavy atom. The van der Waals surface area contributed by atoms with Gasteiger partial charge in [0.05, 0.1) is 12.3 Å². The molecule has 1 aromatic rings. The molecule has 2 fully saturated rings. The Balaban J connectivity index is 1.69.